The fraction of sp³-hybridized carbons (Fsp3) is 0.333. The number of nitrogens with one attached hydrogen (secondary N) is 3. The maximum atomic E-state index is 3.65. The molecule has 0 bridgehead atoms. The highest BCUT2D eigenvalue weighted by atomic mass is 15.2. The summed E-state index contributed by atoms with van der Waals surface area (Å²) in [5, 5.41) is 2.72. The maximum absolute atomic E-state index is 3.65. The topological polar surface area (TPSA) is 24.7 Å². The van der Waals surface area contributed by atoms with Gasteiger partial charge in [0.1, 0.15) is 31.7 Å². The molecule has 0 atom stereocenters. The van der Waals surface area contributed by atoms with Crippen molar-refractivity contribution >= 4 is 27.5 Å². The molecule has 0 unspecified atom stereocenters. The number of para-hydroxylation sites is 1. The van der Waals surface area contributed by atoms with E-state index in [1.807, 2.05) is 0 Å². The van der Waals surface area contributed by atoms with E-state index in [9.17, 15) is 0 Å². The molecule has 1 aliphatic heterocycles. The van der Waals surface area contributed by atoms with Crippen molar-refractivity contribution in [2.24, 2.45) is 0 Å². The van der Waals surface area contributed by atoms with Gasteiger partial charge in [-0.25, -0.2) is 0 Å². The zero-order valence-electron chi connectivity index (χ0n) is 12.8. The highest BCUT2D eigenvalue weighted by molar-refractivity contribution is 6.10. The second kappa shape index (κ2) is 4.86. The fourth-order valence-corrected chi connectivity index (χ4v) is 3.62. The molecule has 4 rings (SSSR count). The lowest BCUT2D eigenvalue weighted by atomic mass is 10.1. The van der Waals surface area contributed by atoms with Gasteiger partial charge in [-0.15, -0.1) is 0 Å². The summed E-state index contributed by atoms with van der Waals surface area (Å²) in [7, 11) is 2.30. The number of rotatable bonds is 1. The van der Waals surface area contributed by atoms with Gasteiger partial charge < -0.3 is 9.88 Å². The van der Waals surface area contributed by atoms with Crippen LogP contribution in [0.5, 0.6) is 0 Å². The Hall–Kier alpha value is -1.84. The van der Waals surface area contributed by atoms with Crippen LogP contribution in [-0.2, 0) is 0 Å². The smallest absolute Gasteiger partial charge is 0.156 e. The number of hydrogen-bond donors (Lipinski definition) is 3. The van der Waals surface area contributed by atoms with Crippen LogP contribution in [0.25, 0.3) is 21.8 Å². The average Bonchev–Trinajstić information content (AvgIpc) is 2.86. The van der Waals surface area contributed by atoms with E-state index in [2.05, 4.69) is 55.4 Å². The van der Waals surface area contributed by atoms with Crippen molar-refractivity contribution in [3.05, 3.63) is 42.0 Å². The van der Waals surface area contributed by atoms with Crippen molar-refractivity contribution in [3.8, 4) is 0 Å². The van der Waals surface area contributed by atoms with Crippen LogP contribution in [0.1, 0.15) is 5.56 Å². The highest BCUT2D eigenvalue weighted by Crippen LogP contribution is 2.29. The number of hydrogen-bond acceptors (Lipinski definition) is 0. The van der Waals surface area contributed by atoms with Gasteiger partial charge in [-0.05, 0) is 24.6 Å². The predicted molar refractivity (Wildman–Crippen MR) is 87.5 cm³/mol. The molecule has 0 aliphatic carbocycles. The van der Waals surface area contributed by atoms with Crippen molar-refractivity contribution in [2.75, 3.05) is 33.2 Å². The molecule has 0 saturated carbocycles. The first-order valence-electron chi connectivity index (χ1n) is 7.90. The van der Waals surface area contributed by atoms with Crippen molar-refractivity contribution in [1.29, 1.82) is 0 Å². The van der Waals surface area contributed by atoms with Gasteiger partial charge in [0.15, 0.2) is 5.69 Å². The molecule has 0 spiro atoms. The lowest BCUT2D eigenvalue weighted by Crippen LogP contribution is -3.25. The van der Waals surface area contributed by atoms with E-state index < -0.39 is 0 Å². The molecule has 3 aromatic rings. The number of likely N-dealkylation sites (N-methyl/N-ethyl adjacent to an activating group) is 1. The lowest BCUT2D eigenvalue weighted by molar-refractivity contribution is -0.974. The molecule has 1 aliphatic rings. The monoisotopic (exact) mass is 281 g/mol. The summed E-state index contributed by atoms with van der Waals surface area (Å²) in [4.78, 5) is 6.93. The van der Waals surface area contributed by atoms with Crippen molar-refractivity contribution in [3.63, 3.8) is 0 Å². The maximum Gasteiger partial charge on any atom is 0.156 e. The Bertz CT molecular complexity index is 795. The van der Waals surface area contributed by atoms with Crippen LogP contribution >= 0.6 is 0 Å². The molecule has 2 aromatic carbocycles. The van der Waals surface area contributed by atoms with E-state index in [1.165, 1.54) is 59.2 Å². The van der Waals surface area contributed by atoms with E-state index >= 15 is 0 Å². The third kappa shape index (κ3) is 2.13. The van der Waals surface area contributed by atoms with Gasteiger partial charge in [0.25, 0.3) is 0 Å². The number of aromatic amines is 1. The molecular weight excluding hydrogens is 258 g/mol. The van der Waals surface area contributed by atoms with E-state index in [0.717, 1.165) is 0 Å². The van der Waals surface area contributed by atoms with Crippen LogP contribution in [0.4, 0.5) is 5.69 Å². The number of aromatic nitrogens is 1. The number of aryl methyl sites for hydroxylation is 1. The Balaban J connectivity index is 1.91. The van der Waals surface area contributed by atoms with Gasteiger partial charge in [0.05, 0.1) is 7.05 Å². The minimum Gasteiger partial charge on any atom is -0.350 e. The number of benzene rings is 2. The first-order valence-corrected chi connectivity index (χ1v) is 7.90. The minimum atomic E-state index is 1.22. The zero-order chi connectivity index (χ0) is 14.4. The quantitative estimate of drug-likeness (QED) is 0.584. The summed E-state index contributed by atoms with van der Waals surface area (Å²) in [5.74, 6) is 0. The SMILES string of the molecule is Cc1cc([NH+]2CC[NH+](C)CC2)c2[nH]c3ccccc3c2c1. The summed E-state index contributed by atoms with van der Waals surface area (Å²) >= 11 is 0. The third-order valence-corrected chi connectivity index (χ3v) is 4.85. The molecule has 108 valence electrons. The van der Waals surface area contributed by atoms with E-state index in [4.69, 9.17) is 0 Å². The summed E-state index contributed by atoms with van der Waals surface area (Å²) in [6.45, 7) is 7.17. The van der Waals surface area contributed by atoms with Gasteiger partial charge in [-0.1, -0.05) is 18.2 Å². The molecular formula is C18H23N3+2. The largest absolute Gasteiger partial charge is 0.350 e. The average molecular weight is 281 g/mol. The van der Waals surface area contributed by atoms with Crippen LogP contribution in [0, 0.1) is 6.92 Å². The van der Waals surface area contributed by atoms with Gasteiger partial charge >= 0.3 is 0 Å². The number of piperazine rings is 1. The molecule has 1 saturated heterocycles. The summed E-state index contributed by atoms with van der Waals surface area (Å²) in [5.41, 5.74) is 5.39. The van der Waals surface area contributed by atoms with Gasteiger partial charge in [-0.3, -0.25) is 4.90 Å². The fourth-order valence-electron chi connectivity index (χ4n) is 3.62. The Labute approximate surface area is 125 Å². The molecule has 0 amide bonds. The van der Waals surface area contributed by atoms with Crippen LogP contribution < -0.4 is 9.80 Å². The van der Waals surface area contributed by atoms with Gasteiger partial charge in [0, 0.05) is 22.4 Å². The first kappa shape index (κ1) is 12.9. The molecule has 2 heterocycles. The molecule has 21 heavy (non-hydrogen) atoms. The Morgan fingerprint density at radius 1 is 0.952 bits per heavy atom. The second-order valence-corrected chi connectivity index (χ2v) is 6.47. The zero-order valence-corrected chi connectivity index (χ0v) is 12.8. The van der Waals surface area contributed by atoms with E-state index in [1.54, 1.807) is 9.80 Å². The Kier molecular flexibility index (Phi) is 2.98. The van der Waals surface area contributed by atoms with Crippen molar-refractivity contribution in [2.45, 2.75) is 6.92 Å². The van der Waals surface area contributed by atoms with Crippen molar-refractivity contribution in [1.82, 2.24) is 4.98 Å². The van der Waals surface area contributed by atoms with Crippen LogP contribution in [0.15, 0.2) is 36.4 Å². The molecule has 3 nitrogen and oxygen atoms in total. The lowest BCUT2D eigenvalue weighted by Gasteiger charge is -2.27. The number of H-pyrrole nitrogens is 1. The standard InChI is InChI=1S/C18H21N3/c1-13-11-15-14-5-3-4-6-16(14)19-18(15)17(12-13)21-9-7-20(2)8-10-21/h3-6,11-12,19H,7-10H2,1-2H3/p+2. The molecule has 1 fully saturated rings. The van der Waals surface area contributed by atoms with Gasteiger partial charge in [0.2, 0.25) is 0 Å². The van der Waals surface area contributed by atoms with Crippen LogP contribution in [0.2, 0.25) is 0 Å². The van der Waals surface area contributed by atoms with Crippen LogP contribution in [0.3, 0.4) is 0 Å². The molecule has 0 radical (unpaired) electrons. The minimum absolute atomic E-state index is 1.22. The normalized spacial score (nSPS) is 23.0. The van der Waals surface area contributed by atoms with Crippen molar-refractivity contribution < 1.29 is 9.80 Å². The highest BCUT2D eigenvalue weighted by Gasteiger charge is 2.25. The number of quaternary nitrogens is 2. The predicted octanol–water partition coefficient (Wildman–Crippen LogP) is 0.674. The summed E-state index contributed by atoms with van der Waals surface area (Å²) in [6.07, 6.45) is 0. The third-order valence-electron chi connectivity index (χ3n) is 4.85. The Morgan fingerprint density at radius 3 is 2.52 bits per heavy atom. The van der Waals surface area contributed by atoms with Gasteiger partial charge in [-0.2, -0.15) is 0 Å². The molecule has 3 N–H and O–H groups in total. The first-order chi connectivity index (χ1) is 10.2. The number of fused-ring (bicyclic) bond motifs is 3. The van der Waals surface area contributed by atoms with E-state index in [0.29, 0.717) is 0 Å². The second-order valence-electron chi connectivity index (χ2n) is 6.47. The summed E-state index contributed by atoms with van der Waals surface area (Å²) in [6, 6.07) is 13.3. The molecule has 3 heteroatoms. The molecule has 1 aromatic heterocycles. The van der Waals surface area contributed by atoms with E-state index in [-0.39, 0.29) is 0 Å². The van der Waals surface area contributed by atoms with Crippen LogP contribution in [-0.4, -0.2) is 38.2 Å². The summed E-state index contributed by atoms with van der Waals surface area (Å²) < 4.78 is 0. The Morgan fingerprint density at radius 2 is 1.71 bits per heavy atom.